The van der Waals surface area contributed by atoms with Crippen molar-refractivity contribution in [3.8, 4) is 5.88 Å². The highest BCUT2D eigenvalue weighted by molar-refractivity contribution is 5.32. The van der Waals surface area contributed by atoms with Gasteiger partial charge in [0.05, 0.1) is 11.0 Å². The van der Waals surface area contributed by atoms with E-state index in [1.807, 2.05) is 0 Å². The van der Waals surface area contributed by atoms with E-state index in [2.05, 4.69) is 4.98 Å². The summed E-state index contributed by atoms with van der Waals surface area (Å²) in [6, 6.07) is 2.56. The maximum Gasteiger partial charge on any atom is 0.276 e. The highest BCUT2D eigenvalue weighted by atomic mass is 16.6. The van der Waals surface area contributed by atoms with Gasteiger partial charge in [0.15, 0.2) is 0 Å². The molecule has 1 rings (SSSR count). The molecule has 0 aliphatic carbocycles. The number of nitrogens with zero attached hydrogens (tertiary/aromatic N) is 2. The van der Waals surface area contributed by atoms with Crippen LogP contribution in [-0.2, 0) is 0 Å². The Kier molecular flexibility index (Phi) is 3.15. The van der Waals surface area contributed by atoms with E-state index in [1.54, 1.807) is 0 Å². The summed E-state index contributed by atoms with van der Waals surface area (Å²) < 4.78 is 5.01. The van der Waals surface area contributed by atoms with Gasteiger partial charge in [0.25, 0.3) is 5.69 Å². The number of pyridine rings is 1. The molecule has 0 bridgehead atoms. The van der Waals surface area contributed by atoms with Crippen LogP contribution in [0, 0.1) is 10.1 Å². The summed E-state index contributed by atoms with van der Waals surface area (Å²) in [7, 11) is 0. The SMILES string of the molecule is NCCOc1cc([N+](=O)[O-])ccn1. The maximum atomic E-state index is 10.3. The van der Waals surface area contributed by atoms with Gasteiger partial charge in [0, 0.05) is 18.8 Å². The molecule has 0 amide bonds. The van der Waals surface area contributed by atoms with Gasteiger partial charge < -0.3 is 10.5 Å². The molecule has 1 heterocycles. The molecule has 0 radical (unpaired) electrons. The third kappa shape index (κ3) is 2.68. The van der Waals surface area contributed by atoms with Crippen LogP contribution in [-0.4, -0.2) is 23.1 Å². The second-order valence-corrected chi connectivity index (χ2v) is 2.25. The van der Waals surface area contributed by atoms with Crippen LogP contribution in [0.25, 0.3) is 0 Å². The van der Waals surface area contributed by atoms with Crippen molar-refractivity contribution in [1.82, 2.24) is 4.98 Å². The van der Waals surface area contributed by atoms with Gasteiger partial charge in [-0.25, -0.2) is 4.98 Å². The molecular formula is C7H9N3O3. The largest absolute Gasteiger partial charge is 0.476 e. The summed E-state index contributed by atoms with van der Waals surface area (Å²) in [6.45, 7) is 0.651. The van der Waals surface area contributed by atoms with Gasteiger partial charge in [-0.3, -0.25) is 10.1 Å². The molecule has 0 aliphatic rings. The standard InChI is InChI=1S/C7H9N3O3/c8-2-4-13-7-5-6(10(11)12)1-3-9-7/h1,3,5H,2,4,8H2. The van der Waals surface area contributed by atoms with E-state index in [9.17, 15) is 10.1 Å². The molecule has 0 saturated heterocycles. The summed E-state index contributed by atoms with van der Waals surface area (Å²) >= 11 is 0. The van der Waals surface area contributed by atoms with Crippen molar-refractivity contribution < 1.29 is 9.66 Å². The van der Waals surface area contributed by atoms with E-state index in [1.165, 1.54) is 18.3 Å². The number of rotatable bonds is 4. The highest BCUT2D eigenvalue weighted by Gasteiger charge is 2.06. The monoisotopic (exact) mass is 183 g/mol. The molecule has 0 saturated carbocycles. The smallest absolute Gasteiger partial charge is 0.276 e. The first-order chi connectivity index (χ1) is 6.24. The number of nitro groups is 1. The highest BCUT2D eigenvalue weighted by Crippen LogP contribution is 2.15. The van der Waals surface area contributed by atoms with Gasteiger partial charge >= 0.3 is 0 Å². The minimum absolute atomic E-state index is 0.0398. The fourth-order valence-corrected chi connectivity index (χ4v) is 0.755. The maximum absolute atomic E-state index is 10.3. The molecule has 0 aliphatic heterocycles. The zero-order valence-electron chi connectivity index (χ0n) is 6.84. The third-order valence-electron chi connectivity index (χ3n) is 1.30. The lowest BCUT2D eigenvalue weighted by molar-refractivity contribution is -0.385. The van der Waals surface area contributed by atoms with E-state index in [-0.39, 0.29) is 11.6 Å². The predicted octanol–water partition coefficient (Wildman–Crippen LogP) is 0.327. The molecule has 13 heavy (non-hydrogen) atoms. The topological polar surface area (TPSA) is 91.3 Å². The van der Waals surface area contributed by atoms with Gasteiger partial charge in [-0.15, -0.1) is 0 Å². The van der Waals surface area contributed by atoms with E-state index < -0.39 is 4.92 Å². The lowest BCUT2D eigenvalue weighted by atomic mass is 10.4. The lowest BCUT2D eigenvalue weighted by Crippen LogP contribution is -2.11. The molecule has 0 spiro atoms. The minimum Gasteiger partial charge on any atom is -0.476 e. The molecule has 0 unspecified atom stereocenters. The molecular weight excluding hydrogens is 174 g/mol. The van der Waals surface area contributed by atoms with Crippen LogP contribution >= 0.6 is 0 Å². The Morgan fingerprint density at radius 3 is 3.08 bits per heavy atom. The first kappa shape index (κ1) is 9.40. The van der Waals surface area contributed by atoms with E-state index in [0.29, 0.717) is 13.2 Å². The summed E-state index contributed by atoms with van der Waals surface area (Å²) in [4.78, 5) is 13.6. The van der Waals surface area contributed by atoms with Gasteiger partial charge in [-0.1, -0.05) is 0 Å². The predicted molar refractivity (Wildman–Crippen MR) is 45.4 cm³/mol. The fraction of sp³-hybridized carbons (Fsp3) is 0.286. The Labute approximate surface area is 74.5 Å². The summed E-state index contributed by atoms with van der Waals surface area (Å²) in [6.07, 6.45) is 1.32. The van der Waals surface area contributed by atoms with Crippen LogP contribution in [0.5, 0.6) is 5.88 Å². The van der Waals surface area contributed by atoms with Gasteiger partial charge in [-0.05, 0) is 0 Å². The Morgan fingerprint density at radius 2 is 2.46 bits per heavy atom. The number of hydrogen-bond acceptors (Lipinski definition) is 5. The molecule has 1 aromatic heterocycles. The Bertz CT molecular complexity index is 303. The first-order valence-electron chi connectivity index (χ1n) is 3.67. The Hall–Kier alpha value is -1.69. The van der Waals surface area contributed by atoms with Gasteiger partial charge in [0.1, 0.15) is 6.61 Å². The van der Waals surface area contributed by atoms with Crippen molar-refractivity contribution in [2.75, 3.05) is 13.2 Å². The average Bonchev–Trinajstić information content (AvgIpc) is 2.15. The summed E-state index contributed by atoms with van der Waals surface area (Å²) in [5.41, 5.74) is 5.15. The van der Waals surface area contributed by atoms with Crippen molar-refractivity contribution in [3.05, 3.63) is 28.4 Å². The Balaban J connectivity index is 2.73. The zero-order chi connectivity index (χ0) is 9.68. The van der Waals surface area contributed by atoms with Crippen molar-refractivity contribution in [3.63, 3.8) is 0 Å². The Morgan fingerprint density at radius 1 is 1.69 bits per heavy atom. The minimum atomic E-state index is -0.503. The average molecular weight is 183 g/mol. The van der Waals surface area contributed by atoms with Crippen molar-refractivity contribution in [1.29, 1.82) is 0 Å². The summed E-state index contributed by atoms with van der Waals surface area (Å²) in [5, 5.41) is 10.3. The van der Waals surface area contributed by atoms with Crippen LogP contribution < -0.4 is 10.5 Å². The normalized spacial score (nSPS) is 9.62. The van der Waals surface area contributed by atoms with E-state index >= 15 is 0 Å². The quantitative estimate of drug-likeness (QED) is 0.536. The van der Waals surface area contributed by atoms with Crippen molar-refractivity contribution in [2.24, 2.45) is 5.73 Å². The number of ether oxygens (including phenoxy) is 1. The second-order valence-electron chi connectivity index (χ2n) is 2.25. The second kappa shape index (κ2) is 4.36. The molecule has 70 valence electrons. The number of hydrogen-bond donors (Lipinski definition) is 1. The molecule has 6 nitrogen and oxygen atoms in total. The van der Waals surface area contributed by atoms with E-state index in [0.717, 1.165) is 0 Å². The van der Waals surface area contributed by atoms with Crippen molar-refractivity contribution >= 4 is 5.69 Å². The van der Waals surface area contributed by atoms with Crippen LogP contribution in [0.2, 0.25) is 0 Å². The van der Waals surface area contributed by atoms with E-state index in [4.69, 9.17) is 10.5 Å². The molecule has 6 heteroatoms. The third-order valence-corrected chi connectivity index (χ3v) is 1.30. The van der Waals surface area contributed by atoms with Crippen LogP contribution in [0.4, 0.5) is 5.69 Å². The molecule has 2 N–H and O–H groups in total. The molecule has 0 fully saturated rings. The van der Waals surface area contributed by atoms with Gasteiger partial charge in [-0.2, -0.15) is 0 Å². The number of nitrogens with two attached hydrogens (primary N) is 1. The molecule has 1 aromatic rings. The number of aromatic nitrogens is 1. The molecule has 0 atom stereocenters. The van der Waals surface area contributed by atoms with Crippen LogP contribution in [0.1, 0.15) is 0 Å². The molecule has 0 aromatic carbocycles. The van der Waals surface area contributed by atoms with Crippen LogP contribution in [0.15, 0.2) is 18.3 Å². The van der Waals surface area contributed by atoms with Gasteiger partial charge in [0.2, 0.25) is 5.88 Å². The summed E-state index contributed by atoms with van der Waals surface area (Å²) in [5.74, 6) is 0.222. The van der Waals surface area contributed by atoms with Crippen molar-refractivity contribution in [2.45, 2.75) is 0 Å². The lowest BCUT2D eigenvalue weighted by Gasteiger charge is -2.01. The fourth-order valence-electron chi connectivity index (χ4n) is 0.755. The first-order valence-corrected chi connectivity index (χ1v) is 3.67. The van der Waals surface area contributed by atoms with Crippen LogP contribution in [0.3, 0.4) is 0 Å². The zero-order valence-corrected chi connectivity index (χ0v) is 6.84.